The second-order valence-electron chi connectivity index (χ2n) is 7.16. The van der Waals surface area contributed by atoms with Gasteiger partial charge < -0.3 is 16.8 Å². The van der Waals surface area contributed by atoms with Gasteiger partial charge in [-0.25, -0.2) is 4.98 Å². The van der Waals surface area contributed by atoms with Gasteiger partial charge in [-0.3, -0.25) is 15.4 Å². The third kappa shape index (κ3) is 5.18. The Morgan fingerprint density at radius 3 is 2.60 bits per heavy atom. The molecule has 4 rings (SSSR count). The number of rotatable bonds is 5. The minimum atomic E-state index is 0.289. The van der Waals surface area contributed by atoms with Crippen LogP contribution in [-0.2, 0) is 0 Å². The quantitative estimate of drug-likeness (QED) is 0.479. The van der Waals surface area contributed by atoms with Gasteiger partial charge >= 0.3 is 0 Å². The average Bonchev–Trinajstić information content (AvgIpc) is 2.82. The van der Waals surface area contributed by atoms with Gasteiger partial charge in [0.15, 0.2) is 0 Å². The summed E-state index contributed by atoms with van der Waals surface area (Å²) in [6.07, 6.45) is 11.3. The Balaban J connectivity index is 0.00000124. The van der Waals surface area contributed by atoms with Gasteiger partial charge in [0.05, 0.1) is 29.0 Å². The molecule has 0 saturated heterocycles. The molecule has 7 heteroatoms. The van der Waals surface area contributed by atoms with Crippen molar-refractivity contribution in [2.24, 2.45) is 5.73 Å². The maximum absolute atomic E-state index is 8.67. The lowest BCUT2D eigenvalue weighted by atomic mass is 9.95. The van der Waals surface area contributed by atoms with E-state index in [0.29, 0.717) is 23.0 Å². The summed E-state index contributed by atoms with van der Waals surface area (Å²) in [6, 6.07) is 11.8. The van der Waals surface area contributed by atoms with Gasteiger partial charge in [0.25, 0.3) is 0 Å². The number of hydrogen-bond acceptors (Lipinski definition) is 7. The molecule has 1 aliphatic rings. The number of nitrogens with two attached hydrogens (primary N) is 2. The Bertz CT molecular complexity index is 966. The molecular weight excluding hydrogens is 374 g/mol. The van der Waals surface area contributed by atoms with Gasteiger partial charge in [-0.15, -0.1) is 0 Å². The molecule has 30 heavy (non-hydrogen) atoms. The summed E-state index contributed by atoms with van der Waals surface area (Å²) in [7, 11) is 1.50. The molecule has 0 amide bonds. The van der Waals surface area contributed by atoms with E-state index in [-0.39, 0.29) is 5.71 Å². The standard InChI is InChI=1S/C22H24N6.CH5N/c23-18-14-26-20(15-6-5-11-25-13-15)12-17(18)22(24)19-9-4-10-21(28-19)27-16-7-2-1-3-8-16;1-2/h4-6,9-14,16,24H,1-3,7-8,23H2,(H,27,28);2H2,1H3. The molecule has 1 aliphatic carbocycles. The maximum Gasteiger partial charge on any atom is 0.126 e. The molecule has 6 N–H and O–H groups in total. The van der Waals surface area contributed by atoms with Crippen LogP contribution in [0.25, 0.3) is 11.3 Å². The van der Waals surface area contributed by atoms with E-state index >= 15 is 0 Å². The molecule has 3 heterocycles. The van der Waals surface area contributed by atoms with E-state index in [1.54, 1.807) is 18.6 Å². The zero-order chi connectivity index (χ0) is 21.3. The van der Waals surface area contributed by atoms with Crippen LogP contribution >= 0.6 is 0 Å². The first-order valence-electron chi connectivity index (χ1n) is 10.3. The smallest absolute Gasteiger partial charge is 0.126 e. The van der Waals surface area contributed by atoms with Crippen molar-refractivity contribution in [3.8, 4) is 11.3 Å². The second kappa shape index (κ2) is 10.5. The van der Waals surface area contributed by atoms with Gasteiger partial charge in [-0.05, 0) is 50.2 Å². The predicted molar refractivity (Wildman–Crippen MR) is 123 cm³/mol. The van der Waals surface area contributed by atoms with Crippen LogP contribution in [0.3, 0.4) is 0 Å². The summed E-state index contributed by atoms with van der Waals surface area (Å²) in [6.45, 7) is 0. The van der Waals surface area contributed by atoms with Gasteiger partial charge in [0, 0.05) is 29.6 Å². The number of anilines is 2. The average molecular weight is 404 g/mol. The van der Waals surface area contributed by atoms with Crippen LogP contribution in [0.15, 0.2) is 55.0 Å². The fraction of sp³-hybridized carbons (Fsp3) is 0.304. The SMILES string of the molecule is CN.N=C(c1cccc(NC2CCCCC2)n1)c1cc(-c2cccnc2)ncc1N. The van der Waals surface area contributed by atoms with Gasteiger partial charge in [0.2, 0.25) is 0 Å². The second-order valence-corrected chi connectivity index (χ2v) is 7.16. The Morgan fingerprint density at radius 1 is 1.07 bits per heavy atom. The van der Waals surface area contributed by atoms with Gasteiger partial charge in [0.1, 0.15) is 5.82 Å². The molecule has 0 bridgehead atoms. The molecule has 1 fully saturated rings. The molecule has 0 radical (unpaired) electrons. The maximum atomic E-state index is 8.67. The van der Waals surface area contributed by atoms with Crippen molar-refractivity contribution in [2.75, 3.05) is 18.1 Å². The highest BCUT2D eigenvalue weighted by atomic mass is 15.0. The molecule has 0 atom stereocenters. The first-order valence-corrected chi connectivity index (χ1v) is 10.3. The molecule has 0 unspecified atom stereocenters. The minimum absolute atomic E-state index is 0.289. The Morgan fingerprint density at radius 2 is 1.87 bits per heavy atom. The highest BCUT2D eigenvalue weighted by Crippen LogP contribution is 2.24. The fourth-order valence-corrected chi connectivity index (χ4v) is 3.60. The van der Waals surface area contributed by atoms with Crippen LogP contribution in [0, 0.1) is 5.41 Å². The topological polar surface area (TPSA) is 127 Å². The van der Waals surface area contributed by atoms with Crippen molar-refractivity contribution >= 4 is 17.2 Å². The highest BCUT2D eigenvalue weighted by Gasteiger charge is 2.16. The van der Waals surface area contributed by atoms with E-state index in [9.17, 15) is 0 Å². The monoisotopic (exact) mass is 403 g/mol. The Labute approximate surface area is 177 Å². The van der Waals surface area contributed by atoms with Gasteiger partial charge in [-0.2, -0.15) is 0 Å². The van der Waals surface area contributed by atoms with Crippen LogP contribution in [0.2, 0.25) is 0 Å². The summed E-state index contributed by atoms with van der Waals surface area (Å²) >= 11 is 0. The molecule has 0 aliphatic heterocycles. The van der Waals surface area contributed by atoms with E-state index in [1.807, 2.05) is 36.4 Å². The van der Waals surface area contributed by atoms with Crippen LogP contribution in [0.5, 0.6) is 0 Å². The van der Waals surface area contributed by atoms with E-state index in [4.69, 9.17) is 11.1 Å². The molecule has 156 valence electrons. The van der Waals surface area contributed by atoms with Crippen LogP contribution < -0.4 is 16.8 Å². The largest absolute Gasteiger partial charge is 0.397 e. The van der Waals surface area contributed by atoms with E-state index in [1.165, 1.54) is 39.2 Å². The van der Waals surface area contributed by atoms with Crippen LogP contribution in [0.1, 0.15) is 43.4 Å². The number of aromatic nitrogens is 3. The first kappa shape index (κ1) is 21.4. The molecule has 3 aromatic rings. The first-order chi connectivity index (χ1) is 14.7. The van der Waals surface area contributed by atoms with Crippen molar-refractivity contribution < 1.29 is 0 Å². The van der Waals surface area contributed by atoms with E-state index in [0.717, 1.165) is 17.1 Å². The summed E-state index contributed by atoms with van der Waals surface area (Å²) < 4.78 is 0. The normalized spacial score (nSPS) is 13.8. The summed E-state index contributed by atoms with van der Waals surface area (Å²) in [5, 5.41) is 12.2. The molecule has 3 aromatic heterocycles. The summed E-state index contributed by atoms with van der Waals surface area (Å²) in [4.78, 5) is 13.2. The van der Waals surface area contributed by atoms with E-state index < -0.39 is 0 Å². The zero-order valence-corrected chi connectivity index (χ0v) is 17.3. The number of hydrogen-bond donors (Lipinski definition) is 4. The summed E-state index contributed by atoms with van der Waals surface area (Å²) in [5.41, 5.74) is 14.2. The lowest BCUT2D eigenvalue weighted by Gasteiger charge is -2.23. The Kier molecular flexibility index (Phi) is 7.45. The van der Waals surface area contributed by atoms with E-state index in [2.05, 4.69) is 26.0 Å². The highest BCUT2D eigenvalue weighted by molar-refractivity contribution is 6.13. The van der Waals surface area contributed by atoms with Crippen LogP contribution in [0.4, 0.5) is 11.5 Å². The van der Waals surface area contributed by atoms with Crippen molar-refractivity contribution in [3.05, 3.63) is 66.2 Å². The fourth-order valence-electron chi connectivity index (χ4n) is 3.60. The molecule has 1 saturated carbocycles. The predicted octanol–water partition coefficient (Wildman–Crippen LogP) is 3.86. The van der Waals surface area contributed by atoms with Crippen molar-refractivity contribution in [3.63, 3.8) is 0 Å². The Hall–Kier alpha value is -3.32. The molecular formula is C23H29N7. The van der Waals surface area contributed by atoms with Gasteiger partial charge in [-0.1, -0.05) is 25.3 Å². The third-order valence-corrected chi connectivity index (χ3v) is 5.12. The van der Waals surface area contributed by atoms with Crippen molar-refractivity contribution in [1.82, 2.24) is 15.0 Å². The number of nitrogen functional groups attached to an aromatic ring is 1. The summed E-state index contributed by atoms with van der Waals surface area (Å²) in [5.74, 6) is 0.814. The number of pyridine rings is 3. The third-order valence-electron chi connectivity index (χ3n) is 5.12. The number of nitrogens with zero attached hydrogens (tertiary/aromatic N) is 3. The van der Waals surface area contributed by atoms with Crippen molar-refractivity contribution in [1.29, 1.82) is 5.41 Å². The van der Waals surface area contributed by atoms with Crippen LogP contribution in [-0.4, -0.2) is 33.8 Å². The lowest BCUT2D eigenvalue weighted by Crippen LogP contribution is -2.23. The minimum Gasteiger partial charge on any atom is -0.397 e. The molecule has 0 spiro atoms. The zero-order valence-electron chi connectivity index (χ0n) is 17.3. The number of nitrogens with one attached hydrogen (secondary N) is 2. The molecule has 0 aromatic carbocycles. The molecule has 7 nitrogen and oxygen atoms in total. The van der Waals surface area contributed by atoms with Crippen molar-refractivity contribution in [2.45, 2.75) is 38.1 Å². The lowest BCUT2D eigenvalue weighted by molar-refractivity contribution is 0.462.